The third-order valence-electron chi connectivity index (χ3n) is 2.67. The van der Waals surface area contributed by atoms with Gasteiger partial charge in [-0.05, 0) is 51.6 Å². The van der Waals surface area contributed by atoms with Crippen LogP contribution in [0.15, 0.2) is 39.0 Å². The van der Waals surface area contributed by atoms with E-state index >= 15 is 0 Å². The molecule has 0 fully saturated rings. The minimum Gasteiger partial charge on any atom is -0.439 e. The molecule has 0 aliphatic carbocycles. The summed E-state index contributed by atoms with van der Waals surface area (Å²) in [6.07, 6.45) is 1.59. The Labute approximate surface area is 123 Å². The molecule has 0 aliphatic heterocycles. The van der Waals surface area contributed by atoms with Crippen LogP contribution in [0.3, 0.4) is 0 Å². The fraction of sp³-hybridized carbons (Fsp3) is 0.400. The van der Waals surface area contributed by atoms with Crippen LogP contribution in [-0.4, -0.2) is 10.5 Å². The lowest BCUT2D eigenvalue weighted by molar-refractivity contribution is 0.416. The summed E-state index contributed by atoms with van der Waals surface area (Å²) in [4.78, 5) is 5.06. The van der Waals surface area contributed by atoms with Crippen LogP contribution in [0, 0.1) is 12.7 Å². The van der Waals surface area contributed by atoms with Crippen LogP contribution in [0.4, 0.5) is 4.39 Å². The Kier molecular flexibility index (Phi) is 4.50. The average molecular weight is 294 g/mol. The first-order valence-electron chi connectivity index (χ1n) is 6.47. The Balaban J connectivity index is 2.21. The normalized spacial score (nSPS) is 11.8. The van der Waals surface area contributed by atoms with Gasteiger partial charge in [-0.1, -0.05) is 6.07 Å². The van der Waals surface area contributed by atoms with Crippen molar-refractivity contribution in [2.45, 2.75) is 49.9 Å². The molecular weight excluding hydrogens is 275 g/mol. The number of hydrogen-bond donors (Lipinski definition) is 1. The zero-order valence-electron chi connectivity index (χ0n) is 12.2. The van der Waals surface area contributed by atoms with Crippen molar-refractivity contribution in [2.75, 3.05) is 0 Å². The summed E-state index contributed by atoms with van der Waals surface area (Å²) in [5, 5.41) is 3.84. The number of nitrogens with one attached hydrogen (secondary N) is 1. The van der Waals surface area contributed by atoms with Gasteiger partial charge in [0.15, 0.2) is 0 Å². The molecule has 0 unspecified atom stereocenters. The van der Waals surface area contributed by atoms with Gasteiger partial charge >= 0.3 is 0 Å². The largest absolute Gasteiger partial charge is 0.439 e. The van der Waals surface area contributed by atoms with Gasteiger partial charge in [0.05, 0.1) is 5.69 Å². The fourth-order valence-corrected chi connectivity index (χ4v) is 2.55. The Hall–Kier alpha value is -1.33. The molecule has 1 aromatic heterocycles. The second-order valence-corrected chi connectivity index (χ2v) is 6.67. The van der Waals surface area contributed by atoms with E-state index in [9.17, 15) is 4.39 Å². The predicted molar refractivity (Wildman–Crippen MR) is 78.4 cm³/mol. The van der Waals surface area contributed by atoms with Crippen molar-refractivity contribution >= 4 is 11.8 Å². The summed E-state index contributed by atoms with van der Waals surface area (Å²) in [6.45, 7) is 8.49. The van der Waals surface area contributed by atoms with E-state index in [1.807, 2.05) is 13.0 Å². The number of aromatic nitrogens is 1. The molecule has 108 valence electrons. The zero-order chi connectivity index (χ0) is 14.8. The number of benzene rings is 1. The highest BCUT2D eigenvalue weighted by Crippen LogP contribution is 2.31. The molecule has 1 heterocycles. The van der Waals surface area contributed by atoms with Crippen molar-refractivity contribution in [3.8, 4) is 0 Å². The van der Waals surface area contributed by atoms with Gasteiger partial charge in [-0.15, -0.1) is 0 Å². The molecule has 0 radical (unpaired) electrons. The molecule has 0 atom stereocenters. The van der Waals surface area contributed by atoms with E-state index in [1.165, 1.54) is 17.8 Å². The van der Waals surface area contributed by atoms with Gasteiger partial charge in [0.1, 0.15) is 12.1 Å². The number of nitrogens with zero attached hydrogens (tertiary/aromatic N) is 1. The van der Waals surface area contributed by atoms with Gasteiger partial charge < -0.3 is 9.73 Å². The van der Waals surface area contributed by atoms with E-state index in [0.29, 0.717) is 17.3 Å². The van der Waals surface area contributed by atoms with E-state index in [4.69, 9.17) is 4.42 Å². The Morgan fingerprint density at radius 2 is 2.10 bits per heavy atom. The van der Waals surface area contributed by atoms with Gasteiger partial charge in [-0.2, -0.15) is 0 Å². The first-order valence-corrected chi connectivity index (χ1v) is 7.29. The van der Waals surface area contributed by atoms with Crippen LogP contribution in [0.2, 0.25) is 0 Å². The Morgan fingerprint density at radius 1 is 1.35 bits per heavy atom. The smallest absolute Gasteiger partial charge is 0.260 e. The summed E-state index contributed by atoms with van der Waals surface area (Å²) >= 11 is 1.34. The highest BCUT2D eigenvalue weighted by Gasteiger charge is 2.15. The van der Waals surface area contributed by atoms with Crippen LogP contribution >= 0.6 is 11.8 Å². The fourth-order valence-electron chi connectivity index (χ4n) is 1.63. The minimum absolute atomic E-state index is 0.0657. The van der Waals surface area contributed by atoms with E-state index in [-0.39, 0.29) is 11.4 Å². The SMILES string of the molecule is Cc1coc(Sc2cccc(F)c2CNC(C)(C)C)n1. The number of oxazole rings is 1. The van der Waals surface area contributed by atoms with Crippen molar-refractivity contribution in [3.63, 3.8) is 0 Å². The molecular formula is C15H19FN2OS. The molecule has 5 heteroatoms. The highest BCUT2D eigenvalue weighted by molar-refractivity contribution is 7.99. The molecule has 0 aliphatic rings. The number of rotatable bonds is 4. The summed E-state index contributed by atoms with van der Waals surface area (Å²) < 4.78 is 19.3. The third kappa shape index (κ3) is 4.08. The van der Waals surface area contributed by atoms with Gasteiger partial charge in [0.2, 0.25) is 0 Å². The summed E-state index contributed by atoms with van der Waals surface area (Å²) in [5.41, 5.74) is 1.39. The summed E-state index contributed by atoms with van der Waals surface area (Å²) in [5.74, 6) is -0.213. The maximum Gasteiger partial charge on any atom is 0.260 e. The average Bonchev–Trinajstić information content (AvgIpc) is 2.73. The lowest BCUT2D eigenvalue weighted by Gasteiger charge is -2.21. The van der Waals surface area contributed by atoms with Crippen molar-refractivity contribution in [3.05, 3.63) is 41.5 Å². The lowest BCUT2D eigenvalue weighted by atomic mass is 10.1. The molecule has 1 N–H and O–H groups in total. The molecule has 0 bridgehead atoms. The standard InChI is InChI=1S/C15H19FN2OS/c1-10-9-19-14(18-10)20-13-7-5-6-12(16)11(13)8-17-15(2,3)4/h5-7,9,17H,8H2,1-4H3. The van der Waals surface area contributed by atoms with Crippen LogP contribution in [0.5, 0.6) is 0 Å². The maximum atomic E-state index is 14.0. The van der Waals surface area contributed by atoms with Gasteiger partial charge in [0.25, 0.3) is 5.22 Å². The molecule has 0 saturated heterocycles. The van der Waals surface area contributed by atoms with Gasteiger partial charge in [-0.3, -0.25) is 0 Å². The molecule has 1 aromatic carbocycles. The molecule has 2 aromatic rings. The van der Waals surface area contributed by atoms with Gasteiger partial charge in [0, 0.05) is 22.5 Å². The first kappa shape index (κ1) is 15.1. The van der Waals surface area contributed by atoms with E-state index in [2.05, 4.69) is 31.1 Å². The Bertz CT molecular complexity index is 590. The van der Waals surface area contributed by atoms with E-state index in [1.54, 1.807) is 12.3 Å². The second-order valence-electron chi connectivity index (χ2n) is 5.68. The highest BCUT2D eigenvalue weighted by atomic mass is 32.2. The van der Waals surface area contributed by atoms with Gasteiger partial charge in [-0.25, -0.2) is 9.37 Å². The van der Waals surface area contributed by atoms with Crippen LogP contribution in [0.25, 0.3) is 0 Å². The zero-order valence-corrected chi connectivity index (χ0v) is 13.0. The van der Waals surface area contributed by atoms with Crippen LogP contribution in [-0.2, 0) is 6.54 Å². The maximum absolute atomic E-state index is 14.0. The van der Waals surface area contributed by atoms with Crippen molar-refractivity contribution in [1.82, 2.24) is 10.3 Å². The molecule has 0 amide bonds. The molecule has 3 nitrogen and oxygen atoms in total. The lowest BCUT2D eigenvalue weighted by Crippen LogP contribution is -2.35. The van der Waals surface area contributed by atoms with Crippen LogP contribution < -0.4 is 5.32 Å². The van der Waals surface area contributed by atoms with Crippen molar-refractivity contribution in [2.24, 2.45) is 0 Å². The number of hydrogen-bond acceptors (Lipinski definition) is 4. The minimum atomic E-state index is -0.213. The summed E-state index contributed by atoms with van der Waals surface area (Å²) in [7, 11) is 0. The first-order chi connectivity index (χ1) is 9.35. The third-order valence-corrected chi connectivity index (χ3v) is 3.63. The molecule has 0 saturated carbocycles. The molecule has 2 rings (SSSR count). The predicted octanol–water partition coefficient (Wildman–Crippen LogP) is 4.16. The monoisotopic (exact) mass is 294 g/mol. The quantitative estimate of drug-likeness (QED) is 0.919. The van der Waals surface area contributed by atoms with E-state index in [0.717, 1.165) is 10.6 Å². The van der Waals surface area contributed by atoms with Crippen molar-refractivity contribution in [1.29, 1.82) is 0 Å². The molecule has 0 spiro atoms. The Morgan fingerprint density at radius 3 is 2.70 bits per heavy atom. The van der Waals surface area contributed by atoms with Crippen LogP contribution in [0.1, 0.15) is 32.0 Å². The second kappa shape index (κ2) is 5.97. The number of aryl methyl sites for hydroxylation is 1. The van der Waals surface area contributed by atoms with Crippen molar-refractivity contribution < 1.29 is 8.81 Å². The summed E-state index contributed by atoms with van der Waals surface area (Å²) in [6, 6.07) is 5.06. The van der Waals surface area contributed by atoms with E-state index < -0.39 is 0 Å². The topological polar surface area (TPSA) is 38.1 Å². The molecule has 20 heavy (non-hydrogen) atoms. The number of halogens is 1.